The van der Waals surface area contributed by atoms with Crippen molar-refractivity contribution in [3.63, 3.8) is 0 Å². The Labute approximate surface area is 90.7 Å². The number of nitrogens with one attached hydrogen (secondary N) is 1. The van der Waals surface area contributed by atoms with Crippen molar-refractivity contribution in [3.05, 3.63) is 42.5 Å². The lowest BCUT2D eigenvalue weighted by Crippen LogP contribution is -2.13. The standard InChI is InChI=1S/C11H15NO2S/c1-4-11(12-2)9-6-5-7-10(8-9)15(3,13)14/h4-8,11-12H,1H2,2-3H3. The molecule has 0 amide bonds. The van der Waals surface area contributed by atoms with Gasteiger partial charge in [0.2, 0.25) is 0 Å². The van der Waals surface area contributed by atoms with Gasteiger partial charge in [-0.2, -0.15) is 0 Å². The van der Waals surface area contributed by atoms with E-state index in [0.29, 0.717) is 4.90 Å². The first-order chi connectivity index (χ1) is 6.99. The molecule has 1 atom stereocenters. The van der Waals surface area contributed by atoms with Gasteiger partial charge in [-0.1, -0.05) is 18.2 Å². The zero-order valence-electron chi connectivity index (χ0n) is 8.90. The fourth-order valence-electron chi connectivity index (χ4n) is 1.36. The minimum absolute atomic E-state index is 0.0216. The summed E-state index contributed by atoms with van der Waals surface area (Å²) in [6, 6.07) is 6.84. The summed E-state index contributed by atoms with van der Waals surface area (Å²) < 4.78 is 22.7. The van der Waals surface area contributed by atoms with Crippen molar-refractivity contribution < 1.29 is 8.42 Å². The van der Waals surface area contributed by atoms with Gasteiger partial charge in [0.1, 0.15) is 0 Å². The average molecular weight is 225 g/mol. The van der Waals surface area contributed by atoms with Crippen LogP contribution in [0.1, 0.15) is 11.6 Å². The number of hydrogen-bond acceptors (Lipinski definition) is 3. The van der Waals surface area contributed by atoms with E-state index in [0.717, 1.165) is 5.56 Å². The Morgan fingerprint density at radius 1 is 1.47 bits per heavy atom. The lowest BCUT2D eigenvalue weighted by Gasteiger charge is -2.12. The highest BCUT2D eigenvalue weighted by Gasteiger charge is 2.10. The smallest absolute Gasteiger partial charge is 0.175 e. The van der Waals surface area contributed by atoms with Crippen LogP contribution < -0.4 is 5.32 Å². The van der Waals surface area contributed by atoms with Gasteiger partial charge in [-0.15, -0.1) is 6.58 Å². The summed E-state index contributed by atoms with van der Waals surface area (Å²) >= 11 is 0. The number of sulfone groups is 1. The molecular weight excluding hydrogens is 210 g/mol. The zero-order valence-corrected chi connectivity index (χ0v) is 9.71. The first kappa shape index (κ1) is 11.9. The maximum absolute atomic E-state index is 11.3. The first-order valence-electron chi connectivity index (χ1n) is 4.59. The molecule has 0 aliphatic carbocycles. The van der Waals surface area contributed by atoms with Crippen LogP contribution in [0.25, 0.3) is 0 Å². The molecule has 3 nitrogen and oxygen atoms in total. The highest BCUT2D eigenvalue weighted by atomic mass is 32.2. The Kier molecular flexibility index (Phi) is 3.66. The van der Waals surface area contributed by atoms with Crippen LogP contribution in [0.3, 0.4) is 0 Å². The fourth-order valence-corrected chi connectivity index (χ4v) is 2.04. The molecule has 0 fully saturated rings. The van der Waals surface area contributed by atoms with E-state index >= 15 is 0 Å². The second-order valence-corrected chi connectivity index (χ2v) is 5.36. The minimum atomic E-state index is -3.14. The molecule has 15 heavy (non-hydrogen) atoms. The van der Waals surface area contributed by atoms with Gasteiger partial charge >= 0.3 is 0 Å². The van der Waals surface area contributed by atoms with Crippen molar-refractivity contribution in [1.82, 2.24) is 5.32 Å². The van der Waals surface area contributed by atoms with E-state index in [-0.39, 0.29) is 6.04 Å². The molecule has 0 saturated carbocycles. The van der Waals surface area contributed by atoms with E-state index in [1.807, 2.05) is 6.07 Å². The summed E-state index contributed by atoms with van der Waals surface area (Å²) in [6.07, 6.45) is 2.94. The highest BCUT2D eigenvalue weighted by molar-refractivity contribution is 7.90. The third-order valence-electron chi connectivity index (χ3n) is 2.19. The first-order valence-corrected chi connectivity index (χ1v) is 6.48. The molecule has 1 aromatic carbocycles. The van der Waals surface area contributed by atoms with Crippen molar-refractivity contribution in [2.75, 3.05) is 13.3 Å². The van der Waals surface area contributed by atoms with Crippen LogP contribution in [0.15, 0.2) is 41.8 Å². The van der Waals surface area contributed by atoms with E-state index < -0.39 is 9.84 Å². The van der Waals surface area contributed by atoms with Gasteiger partial charge in [0.25, 0.3) is 0 Å². The van der Waals surface area contributed by atoms with Crippen molar-refractivity contribution in [1.29, 1.82) is 0 Å². The molecule has 0 heterocycles. The molecule has 1 rings (SSSR count). The minimum Gasteiger partial charge on any atom is -0.310 e. The summed E-state index contributed by atoms with van der Waals surface area (Å²) in [6.45, 7) is 3.69. The van der Waals surface area contributed by atoms with Gasteiger partial charge in [-0.25, -0.2) is 8.42 Å². The van der Waals surface area contributed by atoms with Crippen molar-refractivity contribution in [2.24, 2.45) is 0 Å². The van der Waals surface area contributed by atoms with Gasteiger partial charge in [0, 0.05) is 6.26 Å². The monoisotopic (exact) mass is 225 g/mol. The Balaban J connectivity index is 3.18. The number of hydrogen-bond donors (Lipinski definition) is 1. The van der Waals surface area contributed by atoms with Gasteiger partial charge in [-0.05, 0) is 24.7 Å². The largest absolute Gasteiger partial charge is 0.310 e. The summed E-state index contributed by atoms with van der Waals surface area (Å²) in [4.78, 5) is 0.335. The summed E-state index contributed by atoms with van der Waals surface area (Å²) in [5.41, 5.74) is 0.899. The predicted molar refractivity (Wildman–Crippen MR) is 61.5 cm³/mol. The Morgan fingerprint density at radius 3 is 2.60 bits per heavy atom. The Hall–Kier alpha value is -1.13. The molecule has 4 heteroatoms. The molecule has 0 saturated heterocycles. The maximum Gasteiger partial charge on any atom is 0.175 e. The van der Waals surface area contributed by atoms with Crippen molar-refractivity contribution >= 4 is 9.84 Å². The van der Waals surface area contributed by atoms with Gasteiger partial charge in [0.15, 0.2) is 9.84 Å². The summed E-state index contributed by atoms with van der Waals surface area (Å²) in [5, 5.41) is 3.03. The molecule has 1 N–H and O–H groups in total. The average Bonchev–Trinajstić information content (AvgIpc) is 2.19. The molecule has 1 unspecified atom stereocenters. The summed E-state index contributed by atoms with van der Waals surface area (Å²) in [7, 11) is -1.33. The van der Waals surface area contributed by atoms with E-state index in [2.05, 4.69) is 11.9 Å². The van der Waals surface area contributed by atoms with Crippen LogP contribution in [-0.2, 0) is 9.84 Å². The molecule has 1 aromatic rings. The van der Waals surface area contributed by atoms with Gasteiger partial charge in [0.05, 0.1) is 10.9 Å². The third kappa shape index (κ3) is 2.91. The van der Waals surface area contributed by atoms with Crippen LogP contribution in [0.4, 0.5) is 0 Å². The number of likely N-dealkylation sites (N-methyl/N-ethyl adjacent to an activating group) is 1. The van der Waals surface area contributed by atoms with Crippen LogP contribution in [-0.4, -0.2) is 21.7 Å². The molecule has 0 aromatic heterocycles. The van der Waals surface area contributed by atoms with Crippen LogP contribution in [0, 0.1) is 0 Å². The number of rotatable bonds is 4. The lowest BCUT2D eigenvalue weighted by atomic mass is 10.1. The molecule has 0 radical (unpaired) electrons. The molecule has 82 valence electrons. The normalized spacial score (nSPS) is 13.5. The summed E-state index contributed by atoms with van der Waals surface area (Å²) in [5.74, 6) is 0. The van der Waals surface area contributed by atoms with E-state index in [1.165, 1.54) is 6.26 Å². The molecule has 0 bridgehead atoms. The molecule has 0 aliphatic rings. The second-order valence-electron chi connectivity index (χ2n) is 3.35. The zero-order chi connectivity index (χ0) is 11.5. The van der Waals surface area contributed by atoms with E-state index in [4.69, 9.17) is 0 Å². The topological polar surface area (TPSA) is 46.2 Å². The van der Waals surface area contributed by atoms with Gasteiger partial charge < -0.3 is 5.32 Å². The Bertz CT molecular complexity index is 451. The highest BCUT2D eigenvalue weighted by Crippen LogP contribution is 2.17. The second kappa shape index (κ2) is 4.59. The van der Waals surface area contributed by atoms with Crippen molar-refractivity contribution in [2.45, 2.75) is 10.9 Å². The van der Waals surface area contributed by atoms with Crippen LogP contribution in [0.2, 0.25) is 0 Å². The third-order valence-corrected chi connectivity index (χ3v) is 3.30. The van der Waals surface area contributed by atoms with Gasteiger partial charge in [-0.3, -0.25) is 0 Å². The lowest BCUT2D eigenvalue weighted by molar-refractivity contribution is 0.601. The Morgan fingerprint density at radius 2 is 2.13 bits per heavy atom. The maximum atomic E-state index is 11.3. The predicted octanol–water partition coefficient (Wildman–Crippen LogP) is 1.54. The molecular formula is C11H15NO2S. The van der Waals surface area contributed by atoms with E-state index in [1.54, 1.807) is 31.3 Å². The van der Waals surface area contributed by atoms with Crippen LogP contribution in [0.5, 0.6) is 0 Å². The van der Waals surface area contributed by atoms with E-state index in [9.17, 15) is 8.42 Å². The quantitative estimate of drug-likeness (QED) is 0.791. The van der Waals surface area contributed by atoms with Crippen molar-refractivity contribution in [3.8, 4) is 0 Å². The SMILES string of the molecule is C=CC(NC)c1cccc(S(C)(=O)=O)c1. The molecule has 0 aliphatic heterocycles. The number of benzene rings is 1. The fraction of sp³-hybridized carbons (Fsp3) is 0.273. The molecule has 0 spiro atoms. The van der Waals surface area contributed by atoms with Crippen LogP contribution >= 0.6 is 0 Å².